The van der Waals surface area contributed by atoms with Crippen molar-refractivity contribution < 1.29 is 0 Å². The number of likely N-dealkylation sites (tertiary alicyclic amines) is 1. The van der Waals surface area contributed by atoms with E-state index in [1.165, 1.54) is 5.56 Å². The van der Waals surface area contributed by atoms with E-state index in [1.807, 2.05) is 18.2 Å². The van der Waals surface area contributed by atoms with Gasteiger partial charge in [0.2, 0.25) is 0 Å². The fraction of sp³-hybridized carbons (Fsp3) is 0.417. The number of benzene rings is 1. The topological polar surface area (TPSA) is 27.0 Å². The molecule has 0 radical (unpaired) electrons. The summed E-state index contributed by atoms with van der Waals surface area (Å²) in [4.78, 5) is 2.21. The maximum Gasteiger partial charge on any atom is 0.0981 e. The summed E-state index contributed by atoms with van der Waals surface area (Å²) in [5.41, 5.74) is 1.18. The van der Waals surface area contributed by atoms with Crippen molar-refractivity contribution >= 4 is 11.6 Å². The van der Waals surface area contributed by atoms with Crippen LogP contribution >= 0.6 is 11.6 Å². The first kappa shape index (κ1) is 10.5. The zero-order valence-electron chi connectivity index (χ0n) is 8.49. The fourth-order valence-electron chi connectivity index (χ4n) is 2.03. The van der Waals surface area contributed by atoms with Crippen LogP contribution in [0, 0.1) is 11.3 Å². The molecular formula is C12H13ClN2. The first-order valence-corrected chi connectivity index (χ1v) is 5.55. The molecule has 15 heavy (non-hydrogen) atoms. The molecule has 0 bridgehead atoms. The normalized spacial score (nSPS) is 21.5. The van der Waals surface area contributed by atoms with Crippen LogP contribution in [0.3, 0.4) is 0 Å². The lowest BCUT2D eigenvalue weighted by atomic mass is 10.2. The summed E-state index contributed by atoms with van der Waals surface area (Å²) in [6, 6.07) is 10.3. The molecule has 1 atom stereocenters. The molecule has 2 rings (SSSR count). The highest BCUT2D eigenvalue weighted by molar-refractivity contribution is 6.30. The SMILES string of the molecule is N#CC1CCCN1Cc1cccc(Cl)c1. The largest absolute Gasteiger partial charge is 0.284 e. The van der Waals surface area contributed by atoms with Gasteiger partial charge in [-0.25, -0.2) is 0 Å². The van der Waals surface area contributed by atoms with E-state index >= 15 is 0 Å². The molecule has 0 amide bonds. The van der Waals surface area contributed by atoms with Crippen LogP contribution < -0.4 is 0 Å². The summed E-state index contributed by atoms with van der Waals surface area (Å²) in [6.45, 7) is 1.85. The van der Waals surface area contributed by atoms with Crippen molar-refractivity contribution in [2.75, 3.05) is 6.54 Å². The average Bonchev–Trinajstić information content (AvgIpc) is 2.65. The highest BCUT2D eigenvalue weighted by Gasteiger charge is 2.23. The third-order valence-electron chi connectivity index (χ3n) is 2.79. The maximum absolute atomic E-state index is 8.95. The third-order valence-corrected chi connectivity index (χ3v) is 3.02. The second-order valence-electron chi connectivity index (χ2n) is 3.89. The predicted molar refractivity (Wildman–Crippen MR) is 60.5 cm³/mol. The predicted octanol–water partition coefficient (Wildman–Crippen LogP) is 2.83. The highest BCUT2D eigenvalue weighted by Crippen LogP contribution is 2.20. The standard InChI is InChI=1S/C12H13ClN2/c13-11-4-1-3-10(7-11)9-15-6-2-5-12(15)8-14/h1,3-4,7,12H,2,5-6,9H2. The van der Waals surface area contributed by atoms with Crippen LogP contribution in [0.15, 0.2) is 24.3 Å². The summed E-state index contributed by atoms with van der Waals surface area (Å²) in [6.07, 6.45) is 2.12. The highest BCUT2D eigenvalue weighted by atomic mass is 35.5. The summed E-state index contributed by atoms with van der Waals surface area (Å²) in [7, 11) is 0. The van der Waals surface area contributed by atoms with E-state index in [1.54, 1.807) is 0 Å². The van der Waals surface area contributed by atoms with Crippen LogP contribution in [0.1, 0.15) is 18.4 Å². The van der Waals surface area contributed by atoms with E-state index in [4.69, 9.17) is 16.9 Å². The Hall–Kier alpha value is -1.04. The molecule has 0 spiro atoms. The van der Waals surface area contributed by atoms with E-state index in [2.05, 4.69) is 17.0 Å². The molecule has 0 saturated carbocycles. The van der Waals surface area contributed by atoms with Gasteiger partial charge in [0, 0.05) is 11.6 Å². The van der Waals surface area contributed by atoms with Crippen molar-refractivity contribution in [1.29, 1.82) is 5.26 Å². The first-order chi connectivity index (χ1) is 7.29. The van der Waals surface area contributed by atoms with Gasteiger partial charge in [0.05, 0.1) is 12.1 Å². The molecular weight excluding hydrogens is 208 g/mol. The van der Waals surface area contributed by atoms with Gasteiger partial charge in [-0.1, -0.05) is 23.7 Å². The Morgan fingerprint density at radius 1 is 1.53 bits per heavy atom. The second-order valence-corrected chi connectivity index (χ2v) is 4.32. The van der Waals surface area contributed by atoms with Gasteiger partial charge in [-0.15, -0.1) is 0 Å². The number of hydrogen-bond donors (Lipinski definition) is 0. The Labute approximate surface area is 95.1 Å². The summed E-state index contributed by atoms with van der Waals surface area (Å²) < 4.78 is 0. The number of hydrogen-bond acceptors (Lipinski definition) is 2. The van der Waals surface area contributed by atoms with Crippen molar-refractivity contribution in [3.8, 4) is 6.07 Å². The monoisotopic (exact) mass is 220 g/mol. The molecule has 3 heteroatoms. The molecule has 78 valence electrons. The van der Waals surface area contributed by atoms with Gasteiger partial charge in [0.15, 0.2) is 0 Å². The molecule has 0 N–H and O–H groups in total. The number of nitrogens with zero attached hydrogens (tertiary/aromatic N) is 2. The van der Waals surface area contributed by atoms with Gasteiger partial charge >= 0.3 is 0 Å². The van der Waals surface area contributed by atoms with E-state index in [9.17, 15) is 0 Å². The number of halogens is 1. The van der Waals surface area contributed by atoms with Crippen LogP contribution in [0.25, 0.3) is 0 Å². The summed E-state index contributed by atoms with van der Waals surface area (Å²) in [5.74, 6) is 0. The van der Waals surface area contributed by atoms with Gasteiger partial charge in [-0.05, 0) is 37.1 Å². The lowest BCUT2D eigenvalue weighted by Gasteiger charge is -2.18. The molecule has 1 aliphatic heterocycles. The van der Waals surface area contributed by atoms with Crippen LogP contribution in [-0.2, 0) is 6.54 Å². The van der Waals surface area contributed by atoms with Crippen molar-refractivity contribution in [2.24, 2.45) is 0 Å². The van der Waals surface area contributed by atoms with Crippen molar-refractivity contribution in [1.82, 2.24) is 4.90 Å². The van der Waals surface area contributed by atoms with Gasteiger partial charge in [0.1, 0.15) is 0 Å². The van der Waals surface area contributed by atoms with Crippen LogP contribution in [0.2, 0.25) is 5.02 Å². The first-order valence-electron chi connectivity index (χ1n) is 5.18. The Bertz CT molecular complexity index is 383. The quantitative estimate of drug-likeness (QED) is 0.767. The zero-order chi connectivity index (χ0) is 10.7. The molecule has 0 aromatic heterocycles. The Morgan fingerprint density at radius 2 is 2.40 bits per heavy atom. The van der Waals surface area contributed by atoms with E-state index in [0.717, 1.165) is 31.0 Å². The van der Waals surface area contributed by atoms with Gasteiger partial charge in [-0.3, -0.25) is 4.90 Å². The smallest absolute Gasteiger partial charge is 0.0981 e. The minimum Gasteiger partial charge on any atom is -0.284 e. The van der Waals surface area contributed by atoms with E-state index in [-0.39, 0.29) is 6.04 Å². The molecule has 1 heterocycles. The van der Waals surface area contributed by atoms with Crippen LogP contribution in [0.4, 0.5) is 0 Å². The van der Waals surface area contributed by atoms with Crippen LogP contribution in [0.5, 0.6) is 0 Å². The number of nitriles is 1. The maximum atomic E-state index is 8.95. The van der Waals surface area contributed by atoms with Gasteiger partial charge < -0.3 is 0 Å². The summed E-state index contributed by atoms with van der Waals surface area (Å²) in [5, 5.41) is 9.72. The molecule has 1 aromatic carbocycles. The molecule has 0 aliphatic carbocycles. The lowest BCUT2D eigenvalue weighted by Crippen LogP contribution is -2.27. The van der Waals surface area contributed by atoms with Crippen molar-refractivity contribution in [2.45, 2.75) is 25.4 Å². The molecule has 1 fully saturated rings. The van der Waals surface area contributed by atoms with Crippen LogP contribution in [-0.4, -0.2) is 17.5 Å². The average molecular weight is 221 g/mol. The minimum atomic E-state index is 0.0870. The van der Waals surface area contributed by atoms with Crippen molar-refractivity contribution in [3.05, 3.63) is 34.9 Å². The van der Waals surface area contributed by atoms with Gasteiger partial charge in [0.25, 0.3) is 0 Å². The number of rotatable bonds is 2. The van der Waals surface area contributed by atoms with E-state index in [0.29, 0.717) is 0 Å². The molecule has 1 aromatic rings. The summed E-state index contributed by atoms with van der Waals surface area (Å²) >= 11 is 5.92. The fourth-order valence-corrected chi connectivity index (χ4v) is 2.24. The lowest BCUT2D eigenvalue weighted by molar-refractivity contribution is 0.286. The molecule has 1 unspecified atom stereocenters. The second kappa shape index (κ2) is 4.65. The Morgan fingerprint density at radius 3 is 3.13 bits per heavy atom. The van der Waals surface area contributed by atoms with E-state index < -0.39 is 0 Å². The Kier molecular flexibility index (Phi) is 3.25. The Balaban J connectivity index is 2.06. The molecule has 2 nitrogen and oxygen atoms in total. The van der Waals surface area contributed by atoms with Gasteiger partial charge in [-0.2, -0.15) is 5.26 Å². The third kappa shape index (κ3) is 2.50. The zero-order valence-corrected chi connectivity index (χ0v) is 9.24. The minimum absolute atomic E-state index is 0.0870. The molecule has 1 saturated heterocycles. The van der Waals surface area contributed by atoms with Crippen molar-refractivity contribution in [3.63, 3.8) is 0 Å². The molecule has 1 aliphatic rings.